The van der Waals surface area contributed by atoms with E-state index in [1.165, 1.54) is 11.1 Å². The molecule has 0 aliphatic carbocycles. The first-order valence-electron chi connectivity index (χ1n) is 13.4. The number of aromatic nitrogens is 4. The number of hydrogen-bond donors (Lipinski definition) is 0. The van der Waals surface area contributed by atoms with E-state index in [0.29, 0.717) is 19.6 Å². The predicted molar refractivity (Wildman–Crippen MR) is 154 cm³/mol. The minimum atomic E-state index is -0.160. The summed E-state index contributed by atoms with van der Waals surface area (Å²) in [5.74, 6) is 1.42. The van der Waals surface area contributed by atoms with Crippen LogP contribution in [-0.4, -0.2) is 82.4 Å². The van der Waals surface area contributed by atoms with E-state index < -0.39 is 0 Å². The molecule has 1 aromatic heterocycles. The molecule has 1 aliphatic rings. The van der Waals surface area contributed by atoms with Crippen molar-refractivity contribution in [2.75, 3.05) is 46.4 Å². The summed E-state index contributed by atoms with van der Waals surface area (Å²) < 4.78 is 12.3. The van der Waals surface area contributed by atoms with Gasteiger partial charge in [0.2, 0.25) is 0 Å². The normalized spacial score (nSPS) is 14.8. The third-order valence-electron chi connectivity index (χ3n) is 6.89. The first-order chi connectivity index (χ1) is 18.6. The number of unbranched alkanes of at least 4 members (excludes halogenated alkanes) is 1. The number of halogens is 1. The minimum absolute atomic E-state index is 0. The molecule has 0 spiro atoms. The number of carbonyl (C=O) groups excluding carboxylic acids is 1. The molecular formula is C29H39ClN6O3. The zero-order valence-electron chi connectivity index (χ0n) is 22.9. The molecule has 210 valence electrons. The van der Waals surface area contributed by atoms with Crippen LogP contribution in [-0.2, 0) is 16.1 Å². The fourth-order valence-corrected chi connectivity index (χ4v) is 4.95. The quantitative estimate of drug-likeness (QED) is 0.175. The van der Waals surface area contributed by atoms with Gasteiger partial charge in [-0.3, -0.25) is 14.6 Å². The van der Waals surface area contributed by atoms with Crippen molar-refractivity contribution in [2.45, 2.75) is 38.8 Å². The summed E-state index contributed by atoms with van der Waals surface area (Å²) in [5.41, 5.74) is 3.39. The van der Waals surface area contributed by atoms with Crippen molar-refractivity contribution in [1.82, 2.24) is 30.0 Å². The second kappa shape index (κ2) is 15.4. The van der Waals surface area contributed by atoms with Crippen molar-refractivity contribution in [3.8, 4) is 17.1 Å². The van der Waals surface area contributed by atoms with Crippen molar-refractivity contribution < 1.29 is 14.3 Å². The summed E-state index contributed by atoms with van der Waals surface area (Å²) in [6.07, 6.45) is 3.92. The molecule has 4 rings (SSSR count). The maximum Gasteiger partial charge on any atom is 0.305 e. The van der Waals surface area contributed by atoms with Crippen molar-refractivity contribution in [2.24, 2.45) is 0 Å². The lowest BCUT2D eigenvalue weighted by Gasteiger charge is -2.39. The third kappa shape index (κ3) is 8.11. The van der Waals surface area contributed by atoms with Gasteiger partial charge in [0.25, 0.3) is 0 Å². The maximum absolute atomic E-state index is 11.6. The number of rotatable bonds is 13. The van der Waals surface area contributed by atoms with Gasteiger partial charge in [-0.15, -0.1) is 24.1 Å². The molecule has 0 radical (unpaired) electrons. The van der Waals surface area contributed by atoms with Crippen LogP contribution in [0.1, 0.15) is 43.4 Å². The molecule has 1 saturated heterocycles. The van der Waals surface area contributed by atoms with E-state index in [1.807, 2.05) is 19.1 Å². The van der Waals surface area contributed by atoms with Crippen LogP contribution in [0.15, 0.2) is 61.2 Å². The van der Waals surface area contributed by atoms with Crippen LogP contribution in [0.2, 0.25) is 0 Å². The Bertz CT molecular complexity index is 1180. The predicted octanol–water partition coefficient (Wildman–Crippen LogP) is 4.40. The number of benzene rings is 2. The van der Waals surface area contributed by atoms with E-state index in [0.717, 1.165) is 62.7 Å². The van der Waals surface area contributed by atoms with Crippen LogP contribution in [0.5, 0.6) is 5.75 Å². The molecule has 1 atom stereocenters. The summed E-state index contributed by atoms with van der Waals surface area (Å²) >= 11 is 0. The number of piperazine rings is 1. The van der Waals surface area contributed by atoms with Gasteiger partial charge in [-0.2, -0.15) is 0 Å². The number of tetrazole rings is 1. The largest absolute Gasteiger partial charge is 0.497 e. The van der Waals surface area contributed by atoms with Gasteiger partial charge in [0, 0.05) is 51.3 Å². The molecular weight excluding hydrogens is 516 g/mol. The summed E-state index contributed by atoms with van der Waals surface area (Å²) in [4.78, 5) is 16.6. The van der Waals surface area contributed by atoms with Gasteiger partial charge in [-0.1, -0.05) is 42.5 Å². The average molecular weight is 555 g/mol. The minimum Gasteiger partial charge on any atom is -0.497 e. The van der Waals surface area contributed by atoms with Gasteiger partial charge in [0.05, 0.1) is 19.8 Å². The molecule has 0 N–H and O–H groups in total. The molecule has 1 fully saturated rings. The Labute approximate surface area is 237 Å². The fourth-order valence-electron chi connectivity index (χ4n) is 4.95. The second-order valence-electron chi connectivity index (χ2n) is 9.41. The van der Waals surface area contributed by atoms with Crippen molar-refractivity contribution in [1.29, 1.82) is 0 Å². The number of carbonyl (C=O) groups is 1. The monoisotopic (exact) mass is 554 g/mol. The smallest absolute Gasteiger partial charge is 0.305 e. The topological polar surface area (TPSA) is 85.6 Å². The number of hydrogen-bond acceptors (Lipinski definition) is 8. The highest BCUT2D eigenvalue weighted by Gasteiger charge is 2.26. The molecule has 0 saturated carbocycles. The molecule has 39 heavy (non-hydrogen) atoms. The number of aryl methyl sites for hydroxylation is 1. The fraction of sp³-hybridized carbons (Fsp3) is 0.448. The highest BCUT2D eigenvalue weighted by atomic mass is 35.5. The molecule has 10 heteroatoms. The molecule has 1 unspecified atom stereocenters. The summed E-state index contributed by atoms with van der Waals surface area (Å²) in [6.45, 7) is 11.7. The SMILES string of the molecule is C=CCN1CCN(C(c2ccc(-c3nnnn3CCCCC(=O)OCC)cc2)c2cccc(OC)c2)CC1.Cl. The van der Waals surface area contributed by atoms with E-state index in [9.17, 15) is 4.79 Å². The summed E-state index contributed by atoms with van der Waals surface area (Å²) in [6, 6.07) is 17.0. The van der Waals surface area contributed by atoms with Gasteiger partial charge in [0.1, 0.15) is 5.75 Å². The number of esters is 1. The van der Waals surface area contributed by atoms with Gasteiger partial charge in [-0.05, 0) is 53.5 Å². The number of nitrogens with zero attached hydrogens (tertiary/aromatic N) is 6. The van der Waals surface area contributed by atoms with Crippen LogP contribution >= 0.6 is 12.4 Å². The lowest BCUT2D eigenvalue weighted by molar-refractivity contribution is -0.143. The van der Waals surface area contributed by atoms with Crippen molar-refractivity contribution in [3.05, 3.63) is 72.3 Å². The summed E-state index contributed by atoms with van der Waals surface area (Å²) in [7, 11) is 1.71. The highest BCUT2D eigenvalue weighted by molar-refractivity contribution is 5.85. The van der Waals surface area contributed by atoms with E-state index in [1.54, 1.807) is 11.8 Å². The molecule has 9 nitrogen and oxygen atoms in total. The summed E-state index contributed by atoms with van der Waals surface area (Å²) in [5, 5.41) is 12.3. The van der Waals surface area contributed by atoms with E-state index in [4.69, 9.17) is 9.47 Å². The number of methoxy groups -OCH3 is 1. The third-order valence-corrected chi connectivity index (χ3v) is 6.89. The second-order valence-corrected chi connectivity index (χ2v) is 9.41. The van der Waals surface area contributed by atoms with Gasteiger partial charge >= 0.3 is 5.97 Å². The molecule has 3 aromatic rings. The molecule has 2 heterocycles. The first-order valence-corrected chi connectivity index (χ1v) is 13.4. The molecule has 2 aromatic carbocycles. The van der Waals surface area contributed by atoms with Crippen molar-refractivity contribution >= 4 is 18.4 Å². The Hall–Kier alpha value is -3.27. The lowest BCUT2D eigenvalue weighted by Crippen LogP contribution is -2.47. The Balaban J connectivity index is 0.00000420. The maximum atomic E-state index is 11.6. The van der Waals surface area contributed by atoms with Crippen LogP contribution in [0.3, 0.4) is 0 Å². The number of ether oxygens (including phenoxy) is 2. The van der Waals surface area contributed by atoms with Crippen LogP contribution in [0.4, 0.5) is 0 Å². The Kier molecular flexibility index (Phi) is 11.9. The standard InChI is InChI=1S/C29H38N6O3.ClH/c1-4-16-33-18-20-34(21-19-33)28(25-9-8-10-26(22-25)37-3)23-12-14-24(15-13-23)29-30-31-32-35(29)17-7-6-11-27(36)38-5-2;/h4,8-10,12-15,22,28H,1,5-7,11,16-21H2,2-3H3;1H. The Morgan fingerprint density at radius 1 is 1.08 bits per heavy atom. The van der Waals surface area contributed by atoms with E-state index in [-0.39, 0.29) is 24.4 Å². The van der Waals surface area contributed by atoms with Crippen molar-refractivity contribution in [3.63, 3.8) is 0 Å². The highest BCUT2D eigenvalue weighted by Crippen LogP contribution is 2.32. The average Bonchev–Trinajstić information content (AvgIpc) is 3.42. The zero-order chi connectivity index (χ0) is 26.7. The zero-order valence-corrected chi connectivity index (χ0v) is 23.7. The van der Waals surface area contributed by atoms with Gasteiger partial charge < -0.3 is 9.47 Å². The molecule has 0 bridgehead atoms. The van der Waals surface area contributed by atoms with E-state index >= 15 is 0 Å². The Morgan fingerprint density at radius 3 is 2.54 bits per heavy atom. The van der Waals surface area contributed by atoms with E-state index in [2.05, 4.69) is 74.4 Å². The molecule has 0 amide bonds. The lowest BCUT2D eigenvalue weighted by atomic mass is 9.95. The van der Waals surface area contributed by atoms with Crippen LogP contribution in [0.25, 0.3) is 11.4 Å². The van der Waals surface area contributed by atoms with Gasteiger partial charge in [0.15, 0.2) is 5.82 Å². The Morgan fingerprint density at radius 2 is 1.85 bits per heavy atom. The van der Waals surface area contributed by atoms with Crippen LogP contribution < -0.4 is 4.74 Å². The molecule has 1 aliphatic heterocycles. The van der Waals surface area contributed by atoms with Gasteiger partial charge in [-0.25, -0.2) is 4.68 Å². The first kappa shape index (κ1) is 30.3. The van der Waals surface area contributed by atoms with Crippen LogP contribution in [0, 0.1) is 0 Å².